The molecule has 9 heteroatoms. The molecular weight excluding hydrogens is 294 g/mol. The van der Waals surface area contributed by atoms with Gasteiger partial charge in [0.05, 0.1) is 18.1 Å². The summed E-state index contributed by atoms with van der Waals surface area (Å²) in [4.78, 5) is 10.7. The number of nitrogens with zero attached hydrogens (tertiary/aromatic N) is 1. The molecule has 1 aromatic carbocycles. The molecule has 0 saturated carbocycles. The van der Waals surface area contributed by atoms with E-state index >= 15 is 0 Å². The Hall–Kier alpha value is -2.10. The van der Waals surface area contributed by atoms with E-state index in [9.17, 15) is 10.1 Å². The molecule has 0 aliphatic rings. The number of benzene rings is 1. The molecule has 0 heterocycles. The first kappa shape index (κ1) is 18.0. The molecule has 0 saturated heterocycles. The lowest BCUT2D eigenvalue weighted by Crippen LogP contribution is -2.14. The van der Waals surface area contributed by atoms with Gasteiger partial charge in [-0.05, 0) is 6.07 Å². The van der Waals surface area contributed by atoms with E-state index in [4.69, 9.17) is 25.4 Å². The van der Waals surface area contributed by atoms with Gasteiger partial charge in [-0.2, -0.15) is 0 Å². The molecule has 124 valence electrons. The van der Waals surface area contributed by atoms with Crippen LogP contribution in [0.3, 0.4) is 0 Å². The van der Waals surface area contributed by atoms with Gasteiger partial charge in [-0.25, -0.2) is 0 Å². The Morgan fingerprint density at radius 2 is 2.09 bits per heavy atom. The van der Waals surface area contributed by atoms with Gasteiger partial charge in [0, 0.05) is 32.2 Å². The first-order valence-electron chi connectivity index (χ1n) is 6.73. The minimum Gasteiger partial charge on any atom is -0.489 e. The molecule has 0 aliphatic heterocycles. The molecule has 0 aliphatic carbocycles. The molecule has 1 aromatic rings. The van der Waals surface area contributed by atoms with Crippen LogP contribution in [0.15, 0.2) is 6.07 Å². The molecule has 22 heavy (non-hydrogen) atoms. The third-order valence-corrected chi connectivity index (χ3v) is 2.90. The van der Waals surface area contributed by atoms with Gasteiger partial charge in [-0.3, -0.25) is 10.1 Å². The summed E-state index contributed by atoms with van der Waals surface area (Å²) in [6, 6.07) is 1.45. The van der Waals surface area contributed by atoms with Crippen molar-refractivity contribution < 1.29 is 24.6 Å². The number of nitrogen functional groups attached to an aromatic ring is 1. The quantitative estimate of drug-likeness (QED) is 0.207. The highest BCUT2D eigenvalue weighted by Crippen LogP contribution is 2.41. The molecular formula is C13H21N3O6. The Morgan fingerprint density at radius 3 is 2.64 bits per heavy atom. The number of rotatable bonds is 10. The summed E-state index contributed by atoms with van der Waals surface area (Å²) in [5.74, 6) is 0.270. The third-order valence-electron chi connectivity index (χ3n) is 2.90. The molecule has 5 N–H and O–H groups in total. The predicted molar refractivity (Wildman–Crippen MR) is 81.2 cm³/mol. The second-order valence-electron chi connectivity index (χ2n) is 4.39. The summed E-state index contributed by atoms with van der Waals surface area (Å²) in [5.41, 5.74) is 6.17. The van der Waals surface area contributed by atoms with Crippen LogP contribution in [0, 0.1) is 10.1 Å². The Labute approximate surface area is 127 Å². The molecule has 0 radical (unpaired) electrons. The number of methoxy groups -OCH3 is 1. The monoisotopic (exact) mass is 315 g/mol. The fraction of sp³-hybridized carbons (Fsp3) is 0.538. The van der Waals surface area contributed by atoms with Crippen molar-refractivity contribution in [2.75, 3.05) is 51.1 Å². The highest BCUT2D eigenvalue weighted by molar-refractivity contribution is 5.84. The topological polar surface area (TPSA) is 140 Å². The number of nitrogens with two attached hydrogens (primary N) is 1. The summed E-state index contributed by atoms with van der Waals surface area (Å²) in [6.07, 6.45) is 0.0883. The average Bonchev–Trinajstić information content (AvgIpc) is 2.48. The first-order chi connectivity index (χ1) is 10.6. The molecule has 9 nitrogen and oxygen atoms in total. The van der Waals surface area contributed by atoms with Crippen LogP contribution < -0.4 is 15.8 Å². The van der Waals surface area contributed by atoms with Crippen molar-refractivity contribution in [3.8, 4) is 5.75 Å². The van der Waals surface area contributed by atoms with Crippen LogP contribution in [0.25, 0.3) is 0 Å². The van der Waals surface area contributed by atoms with E-state index in [0.29, 0.717) is 12.2 Å². The minimum absolute atomic E-state index is 0.0809. The number of anilines is 2. The maximum absolute atomic E-state index is 11.3. The smallest absolute Gasteiger partial charge is 0.297 e. The lowest BCUT2D eigenvalue weighted by molar-refractivity contribution is -0.384. The Balaban J connectivity index is 3.29. The van der Waals surface area contributed by atoms with Crippen LogP contribution in [0.5, 0.6) is 5.75 Å². The predicted octanol–water partition coefficient (Wildman–Crippen LogP) is 0.141. The SMILES string of the molecule is COCCOc1cc(CCO)c([N+](=O)[O-])c(NCCO)c1N. The summed E-state index contributed by atoms with van der Waals surface area (Å²) < 4.78 is 10.3. The minimum atomic E-state index is -0.569. The van der Waals surface area contributed by atoms with E-state index in [2.05, 4.69) is 5.32 Å². The van der Waals surface area contributed by atoms with E-state index in [1.807, 2.05) is 0 Å². The number of nitro groups is 1. The van der Waals surface area contributed by atoms with Gasteiger partial charge in [0.25, 0.3) is 5.69 Å². The molecule has 0 atom stereocenters. The van der Waals surface area contributed by atoms with Crippen molar-refractivity contribution in [1.29, 1.82) is 0 Å². The van der Waals surface area contributed by atoms with Crippen molar-refractivity contribution in [2.45, 2.75) is 6.42 Å². The van der Waals surface area contributed by atoms with Gasteiger partial charge in [0.2, 0.25) is 0 Å². The van der Waals surface area contributed by atoms with Crippen LogP contribution >= 0.6 is 0 Å². The molecule has 0 spiro atoms. The molecule has 0 fully saturated rings. The van der Waals surface area contributed by atoms with E-state index in [1.54, 1.807) is 0 Å². The van der Waals surface area contributed by atoms with E-state index in [-0.39, 0.29) is 55.6 Å². The number of hydrogen-bond acceptors (Lipinski definition) is 8. The molecule has 1 rings (SSSR count). The highest BCUT2D eigenvalue weighted by Gasteiger charge is 2.25. The van der Waals surface area contributed by atoms with Gasteiger partial charge in [0.1, 0.15) is 23.7 Å². The standard InChI is InChI=1S/C13H21N3O6/c1-21-6-7-22-10-8-9(2-4-17)13(16(19)20)12(11(10)14)15-3-5-18/h8,15,17-18H,2-7,14H2,1H3. The highest BCUT2D eigenvalue weighted by atomic mass is 16.6. The first-order valence-corrected chi connectivity index (χ1v) is 6.73. The van der Waals surface area contributed by atoms with E-state index in [0.717, 1.165) is 0 Å². The molecule has 0 unspecified atom stereocenters. The van der Waals surface area contributed by atoms with Crippen molar-refractivity contribution in [1.82, 2.24) is 0 Å². The number of hydrogen-bond donors (Lipinski definition) is 4. The number of nitro benzene ring substituents is 1. The Morgan fingerprint density at radius 1 is 1.36 bits per heavy atom. The maximum atomic E-state index is 11.3. The number of aliphatic hydroxyl groups excluding tert-OH is 2. The zero-order chi connectivity index (χ0) is 16.5. The largest absolute Gasteiger partial charge is 0.489 e. The van der Waals surface area contributed by atoms with Gasteiger partial charge in [0.15, 0.2) is 0 Å². The normalized spacial score (nSPS) is 10.5. The average molecular weight is 315 g/mol. The fourth-order valence-electron chi connectivity index (χ4n) is 1.95. The summed E-state index contributed by atoms with van der Waals surface area (Å²) in [6.45, 7) is 0.217. The lowest BCUT2D eigenvalue weighted by Gasteiger charge is -2.16. The van der Waals surface area contributed by atoms with Crippen LogP contribution in [0.2, 0.25) is 0 Å². The summed E-state index contributed by atoms with van der Waals surface area (Å²) in [5, 5.41) is 32.0. The van der Waals surface area contributed by atoms with Crippen LogP contribution in [0.1, 0.15) is 5.56 Å². The van der Waals surface area contributed by atoms with Crippen LogP contribution in [-0.2, 0) is 11.2 Å². The van der Waals surface area contributed by atoms with E-state index < -0.39 is 4.92 Å². The fourth-order valence-corrected chi connectivity index (χ4v) is 1.95. The van der Waals surface area contributed by atoms with Gasteiger partial charge in [-0.15, -0.1) is 0 Å². The van der Waals surface area contributed by atoms with Gasteiger partial charge < -0.3 is 30.7 Å². The lowest BCUT2D eigenvalue weighted by atomic mass is 10.1. The third kappa shape index (κ3) is 4.45. The zero-order valence-electron chi connectivity index (χ0n) is 12.4. The van der Waals surface area contributed by atoms with Crippen molar-refractivity contribution in [3.63, 3.8) is 0 Å². The second-order valence-corrected chi connectivity index (χ2v) is 4.39. The molecule has 0 bridgehead atoms. The summed E-state index contributed by atoms with van der Waals surface area (Å²) in [7, 11) is 1.52. The Kier molecular flexibility index (Phi) is 7.37. The number of nitrogens with one attached hydrogen (secondary N) is 1. The molecule has 0 amide bonds. The van der Waals surface area contributed by atoms with Gasteiger partial charge >= 0.3 is 0 Å². The van der Waals surface area contributed by atoms with Crippen LogP contribution in [0.4, 0.5) is 17.1 Å². The maximum Gasteiger partial charge on any atom is 0.297 e. The van der Waals surface area contributed by atoms with Crippen molar-refractivity contribution in [3.05, 3.63) is 21.7 Å². The van der Waals surface area contributed by atoms with Crippen molar-refractivity contribution >= 4 is 17.1 Å². The van der Waals surface area contributed by atoms with Crippen molar-refractivity contribution in [2.24, 2.45) is 0 Å². The van der Waals surface area contributed by atoms with E-state index in [1.165, 1.54) is 13.2 Å². The zero-order valence-corrected chi connectivity index (χ0v) is 12.4. The number of aliphatic hydroxyl groups is 2. The number of ether oxygens (including phenoxy) is 2. The molecule has 0 aromatic heterocycles. The Bertz CT molecular complexity index is 509. The van der Waals surface area contributed by atoms with Gasteiger partial charge in [-0.1, -0.05) is 0 Å². The second kappa shape index (κ2) is 9.03. The summed E-state index contributed by atoms with van der Waals surface area (Å²) >= 11 is 0. The van der Waals surface area contributed by atoms with Crippen LogP contribution in [-0.4, -0.2) is 55.2 Å².